The van der Waals surface area contributed by atoms with E-state index in [0.29, 0.717) is 17.8 Å². The van der Waals surface area contributed by atoms with Crippen LogP contribution in [0.3, 0.4) is 0 Å². The van der Waals surface area contributed by atoms with Gasteiger partial charge in [-0.2, -0.15) is 0 Å². The molecule has 5 aromatic rings. The van der Waals surface area contributed by atoms with Gasteiger partial charge in [-0.25, -0.2) is 9.97 Å². The van der Waals surface area contributed by atoms with Gasteiger partial charge in [-0.15, -0.1) is 0 Å². The maximum atomic E-state index is 6.31. The summed E-state index contributed by atoms with van der Waals surface area (Å²) in [5.41, 5.74) is 17.0. The maximum absolute atomic E-state index is 6.31. The summed E-state index contributed by atoms with van der Waals surface area (Å²) in [6, 6.07) is 18.9. The van der Waals surface area contributed by atoms with Gasteiger partial charge in [-0.05, 0) is 43.0 Å². The lowest BCUT2D eigenvalue weighted by molar-refractivity contribution is 0.209. The van der Waals surface area contributed by atoms with Crippen LogP contribution < -0.4 is 11.5 Å². The summed E-state index contributed by atoms with van der Waals surface area (Å²) in [6.45, 7) is 0.735. The molecule has 0 bridgehead atoms. The minimum atomic E-state index is 0.399. The van der Waals surface area contributed by atoms with E-state index in [4.69, 9.17) is 15.9 Å². The molecule has 0 amide bonds. The third kappa shape index (κ3) is 2.91. The second-order valence-electron chi connectivity index (χ2n) is 8.36. The zero-order valence-electron chi connectivity index (χ0n) is 17.0. The highest BCUT2D eigenvalue weighted by Crippen LogP contribution is 2.43. The van der Waals surface area contributed by atoms with Crippen molar-refractivity contribution in [2.45, 2.75) is 18.9 Å². The second kappa shape index (κ2) is 6.96. The van der Waals surface area contributed by atoms with Crippen molar-refractivity contribution >= 4 is 27.8 Å². The monoisotopic (exact) mass is 409 g/mol. The van der Waals surface area contributed by atoms with Crippen LogP contribution in [0.15, 0.2) is 71.5 Å². The van der Waals surface area contributed by atoms with Gasteiger partial charge in [0.2, 0.25) is 0 Å². The van der Waals surface area contributed by atoms with Gasteiger partial charge in [0.05, 0.1) is 5.39 Å². The Balaban J connectivity index is 1.47. The molecule has 3 aromatic heterocycles. The molecule has 1 aliphatic rings. The van der Waals surface area contributed by atoms with Crippen LogP contribution in [0.2, 0.25) is 0 Å². The molecule has 0 saturated heterocycles. The third-order valence-electron chi connectivity index (χ3n) is 6.47. The van der Waals surface area contributed by atoms with Crippen molar-refractivity contribution in [3.63, 3.8) is 0 Å². The van der Waals surface area contributed by atoms with E-state index >= 15 is 0 Å². The lowest BCUT2D eigenvalue weighted by Gasteiger charge is -2.35. The quantitative estimate of drug-likeness (QED) is 0.435. The molecule has 6 heteroatoms. The molecule has 0 radical (unpaired) electrons. The fourth-order valence-corrected chi connectivity index (χ4v) is 4.67. The summed E-state index contributed by atoms with van der Waals surface area (Å²) >= 11 is 0. The average molecular weight is 409 g/mol. The summed E-state index contributed by atoms with van der Waals surface area (Å²) in [4.78, 5) is 8.82. The summed E-state index contributed by atoms with van der Waals surface area (Å²) in [5.74, 6) is 1.94. The summed E-state index contributed by atoms with van der Waals surface area (Å²) in [5, 5.41) is 1.97. The number of fused-ring (bicyclic) bond motifs is 2. The van der Waals surface area contributed by atoms with Crippen LogP contribution in [-0.2, 0) is 0 Å². The number of nitrogens with two attached hydrogens (primary N) is 2. The highest BCUT2D eigenvalue weighted by Gasteiger charge is 2.31. The Morgan fingerprint density at radius 2 is 1.84 bits per heavy atom. The summed E-state index contributed by atoms with van der Waals surface area (Å²) < 4.78 is 8.44. The molecule has 0 atom stereocenters. The standard InChI is InChI=1S/C25H23N5O/c26-12-15-8-19(9-15)30-13-20(23-24(27)28-14-29-25(23)30)17-6-7-18-11-21(31-22(18)10-17)16-4-2-1-3-5-16/h1-7,10-11,13-15,19H,8-9,12,26H2,(H2,27,28,29). The van der Waals surface area contributed by atoms with E-state index in [2.05, 4.69) is 57.1 Å². The molecule has 1 aliphatic carbocycles. The first kappa shape index (κ1) is 18.2. The largest absolute Gasteiger partial charge is 0.456 e. The number of hydrogen-bond acceptors (Lipinski definition) is 5. The number of anilines is 1. The van der Waals surface area contributed by atoms with Gasteiger partial charge in [-0.1, -0.05) is 42.5 Å². The van der Waals surface area contributed by atoms with E-state index in [9.17, 15) is 0 Å². The number of hydrogen-bond donors (Lipinski definition) is 2. The number of benzene rings is 2. The first-order valence-corrected chi connectivity index (χ1v) is 10.6. The second-order valence-corrected chi connectivity index (χ2v) is 8.36. The number of nitrogens with zero attached hydrogens (tertiary/aromatic N) is 3. The van der Waals surface area contributed by atoms with Gasteiger partial charge in [-0.3, -0.25) is 0 Å². The Morgan fingerprint density at radius 1 is 1.00 bits per heavy atom. The Morgan fingerprint density at radius 3 is 2.65 bits per heavy atom. The van der Waals surface area contributed by atoms with Crippen LogP contribution in [0.4, 0.5) is 5.82 Å². The van der Waals surface area contributed by atoms with Crippen molar-refractivity contribution in [2.24, 2.45) is 11.7 Å². The van der Waals surface area contributed by atoms with Crippen LogP contribution in [0.25, 0.3) is 44.5 Å². The van der Waals surface area contributed by atoms with E-state index in [1.165, 1.54) is 0 Å². The Labute approximate surface area is 179 Å². The highest BCUT2D eigenvalue weighted by atomic mass is 16.3. The molecule has 3 heterocycles. The first-order valence-electron chi connectivity index (χ1n) is 10.6. The van der Waals surface area contributed by atoms with Crippen LogP contribution in [0.1, 0.15) is 18.9 Å². The minimum absolute atomic E-state index is 0.399. The Hall–Kier alpha value is -3.64. The fraction of sp³-hybridized carbons (Fsp3) is 0.200. The molecule has 0 unspecified atom stereocenters. The van der Waals surface area contributed by atoms with Gasteiger partial charge >= 0.3 is 0 Å². The smallest absolute Gasteiger partial charge is 0.146 e. The number of aromatic nitrogens is 3. The van der Waals surface area contributed by atoms with Crippen LogP contribution >= 0.6 is 0 Å². The lowest BCUT2D eigenvalue weighted by Crippen LogP contribution is -2.31. The van der Waals surface area contributed by atoms with Gasteiger partial charge in [0.1, 0.15) is 29.1 Å². The van der Waals surface area contributed by atoms with Crippen molar-refractivity contribution in [1.82, 2.24) is 14.5 Å². The first-order chi connectivity index (χ1) is 15.2. The number of nitrogen functional groups attached to an aromatic ring is 1. The summed E-state index contributed by atoms with van der Waals surface area (Å²) in [6.07, 6.45) is 5.84. The van der Waals surface area contributed by atoms with Crippen LogP contribution in [0.5, 0.6) is 0 Å². The van der Waals surface area contributed by atoms with Crippen molar-refractivity contribution in [3.05, 3.63) is 67.1 Å². The fourth-order valence-electron chi connectivity index (χ4n) is 4.67. The van der Waals surface area contributed by atoms with E-state index in [1.807, 2.05) is 18.2 Å². The molecule has 1 saturated carbocycles. The van der Waals surface area contributed by atoms with Crippen molar-refractivity contribution in [3.8, 4) is 22.5 Å². The molecule has 1 fully saturated rings. The van der Waals surface area contributed by atoms with E-state index in [1.54, 1.807) is 6.33 Å². The van der Waals surface area contributed by atoms with Crippen molar-refractivity contribution < 1.29 is 4.42 Å². The number of rotatable bonds is 4. The topological polar surface area (TPSA) is 95.9 Å². The van der Waals surface area contributed by atoms with Crippen LogP contribution in [-0.4, -0.2) is 21.1 Å². The lowest BCUT2D eigenvalue weighted by atomic mass is 9.80. The molecule has 154 valence electrons. The minimum Gasteiger partial charge on any atom is -0.456 e. The van der Waals surface area contributed by atoms with E-state index < -0.39 is 0 Å². The predicted octanol–water partition coefficient (Wildman–Crippen LogP) is 5.00. The van der Waals surface area contributed by atoms with E-state index in [0.717, 1.165) is 63.8 Å². The molecule has 4 N–H and O–H groups in total. The molecular weight excluding hydrogens is 386 g/mol. The molecule has 31 heavy (non-hydrogen) atoms. The third-order valence-corrected chi connectivity index (χ3v) is 6.47. The summed E-state index contributed by atoms with van der Waals surface area (Å²) in [7, 11) is 0. The SMILES string of the molecule is NCC1CC(n2cc(-c3ccc4cc(-c5ccccc5)oc4c3)c3c(N)ncnc32)C1. The highest BCUT2D eigenvalue weighted by molar-refractivity contribution is 6.02. The zero-order chi connectivity index (χ0) is 20.9. The van der Waals surface area contributed by atoms with E-state index in [-0.39, 0.29) is 0 Å². The molecule has 6 rings (SSSR count). The molecular formula is C25H23N5O. The normalized spacial score (nSPS) is 18.5. The van der Waals surface area contributed by atoms with Gasteiger partial charge in [0.15, 0.2) is 0 Å². The Kier molecular flexibility index (Phi) is 4.07. The molecule has 2 aromatic carbocycles. The molecule has 0 spiro atoms. The zero-order valence-corrected chi connectivity index (χ0v) is 17.0. The Bertz CT molecular complexity index is 1400. The van der Waals surface area contributed by atoms with Crippen molar-refractivity contribution in [1.29, 1.82) is 0 Å². The maximum Gasteiger partial charge on any atom is 0.146 e. The van der Waals surface area contributed by atoms with Crippen molar-refractivity contribution in [2.75, 3.05) is 12.3 Å². The van der Waals surface area contributed by atoms with Crippen LogP contribution in [0, 0.1) is 5.92 Å². The van der Waals surface area contributed by atoms with Gasteiger partial charge in [0, 0.05) is 28.8 Å². The van der Waals surface area contributed by atoms with Gasteiger partial charge in [0.25, 0.3) is 0 Å². The number of furan rings is 1. The van der Waals surface area contributed by atoms with Gasteiger partial charge < -0.3 is 20.5 Å². The predicted molar refractivity (Wildman–Crippen MR) is 123 cm³/mol. The average Bonchev–Trinajstić information content (AvgIpc) is 3.36. The molecule has 6 nitrogen and oxygen atoms in total. The molecule has 0 aliphatic heterocycles.